The van der Waals surface area contributed by atoms with Gasteiger partial charge in [-0.3, -0.25) is 4.79 Å². The van der Waals surface area contributed by atoms with Crippen molar-refractivity contribution in [3.05, 3.63) is 101 Å². The second-order valence-corrected chi connectivity index (χ2v) is 12.1. The van der Waals surface area contributed by atoms with Gasteiger partial charge in [0.2, 0.25) is 15.9 Å². The number of benzene rings is 3. The van der Waals surface area contributed by atoms with Crippen molar-refractivity contribution in [2.45, 2.75) is 57.5 Å². The summed E-state index contributed by atoms with van der Waals surface area (Å²) < 4.78 is 42.9. The van der Waals surface area contributed by atoms with Gasteiger partial charge in [0, 0.05) is 25.6 Å². The van der Waals surface area contributed by atoms with Crippen molar-refractivity contribution >= 4 is 15.9 Å². The molecule has 1 saturated carbocycles. The van der Waals surface area contributed by atoms with Gasteiger partial charge in [-0.15, -0.1) is 0 Å². The molecule has 0 bridgehead atoms. The average molecular weight is 523 g/mol. The third-order valence-electron chi connectivity index (χ3n) is 7.25. The Labute approximate surface area is 219 Å². The van der Waals surface area contributed by atoms with E-state index in [1.165, 1.54) is 22.0 Å². The van der Waals surface area contributed by atoms with E-state index < -0.39 is 15.8 Å². The molecule has 0 aliphatic heterocycles. The summed E-state index contributed by atoms with van der Waals surface area (Å²) in [5.74, 6) is -0.400. The molecule has 1 fully saturated rings. The second-order valence-electron chi connectivity index (χ2n) is 10.1. The Morgan fingerprint density at radius 2 is 1.59 bits per heavy atom. The summed E-state index contributed by atoms with van der Waals surface area (Å²) in [6.07, 6.45) is 2.99. The van der Waals surface area contributed by atoms with Crippen LogP contribution < -0.4 is 5.32 Å². The Kier molecular flexibility index (Phi) is 8.77. The van der Waals surface area contributed by atoms with Crippen LogP contribution in [0.1, 0.15) is 47.9 Å². The van der Waals surface area contributed by atoms with E-state index in [2.05, 4.69) is 5.32 Å². The fourth-order valence-electron chi connectivity index (χ4n) is 4.85. The van der Waals surface area contributed by atoms with E-state index >= 15 is 0 Å². The predicted octanol–water partition coefficient (Wildman–Crippen LogP) is 5.76. The predicted molar refractivity (Wildman–Crippen MR) is 144 cm³/mol. The van der Waals surface area contributed by atoms with Crippen molar-refractivity contribution in [1.29, 1.82) is 0 Å². The van der Waals surface area contributed by atoms with Crippen LogP contribution in [0.15, 0.2) is 77.7 Å². The number of hydrogen-bond acceptors (Lipinski definition) is 3. The zero-order valence-corrected chi connectivity index (χ0v) is 22.3. The van der Waals surface area contributed by atoms with Crippen LogP contribution in [0.3, 0.4) is 0 Å². The average Bonchev–Trinajstić information content (AvgIpc) is 2.90. The highest BCUT2D eigenvalue weighted by atomic mass is 32.2. The minimum absolute atomic E-state index is 0.0318. The molecule has 1 aliphatic carbocycles. The minimum Gasteiger partial charge on any atom is -0.352 e. The molecule has 0 radical (unpaired) electrons. The van der Waals surface area contributed by atoms with Crippen LogP contribution in [-0.4, -0.2) is 25.2 Å². The Balaban J connectivity index is 1.40. The Bertz CT molecular complexity index is 1300. The minimum atomic E-state index is -3.90. The van der Waals surface area contributed by atoms with Gasteiger partial charge in [-0.25, -0.2) is 12.8 Å². The molecule has 0 heterocycles. The molecule has 0 spiro atoms. The normalized spacial score (nSPS) is 18.1. The van der Waals surface area contributed by atoms with Crippen LogP contribution in [-0.2, 0) is 27.9 Å². The SMILES string of the molecule is Cc1ccc(CNC(=O)C2CCC(CN(Cc3ccccc3)S(=O)(=O)c3ccc(C)c(F)c3)CC2)cc1. The molecule has 1 amide bonds. The fraction of sp³-hybridized carbons (Fsp3) is 0.367. The molecule has 7 heteroatoms. The highest BCUT2D eigenvalue weighted by Gasteiger charge is 2.32. The largest absolute Gasteiger partial charge is 0.352 e. The lowest BCUT2D eigenvalue weighted by atomic mass is 9.81. The van der Waals surface area contributed by atoms with Gasteiger partial charge in [0.25, 0.3) is 0 Å². The molecule has 5 nitrogen and oxygen atoms in total. The number of nitrogens with one attached hydrogen (secondary N) is 1. The van der Waals surface area contributed by atoms with E-state index in [9.17, 15) is 17.6 Å². The Morgan fingerprint density at radius 3 is 2.24 bits per heavy atom. The Hall–Kier alpha value is -3.03. The van der Waals surface area contributed by atoms with Crippen LogP contribution in [0.2, 0.25) is 0 Å². The monoisotopic (exact) mass is 522 g/mol. The van der Waals surface area contributed by atoms with Gasteiger partial charge in [0.15, 0.2) is 0 Å². The summed E-state index contributed by atoms with van der Waals surface area (Å²) in [5.41, 5.74) is 3.54. The lowest BCUT2D eigenvalue weighted by Crippen LogP contribution is -2.38. The number of rotatable bonds is 9. The molecule has 0 aromatic heterocycles. The van der Waals surface area contributed by atoms with Crippen molar-refractivity contribution in [2.24, 2.45) is 11.8 Å². The molecular formula is C30H35FN2O3S. The van der Waals surface area contributed by atoms with Crippen molar-refractivity contribution in [1.82, 2.24) is 9.62 Å². The van der Waals surface area contributed by atoms with Gasteiger partial charge >= 0.3 is 0 Å². The highest BCUT2D eigenvalue weighted by Crippen LogP contribution is 2.32. The summed E-state index contributed by atoms with van der Waals surface area (Å²) in [6, 6.07) is 21.6. The second kappa shape index (κ2) is 12.0. The van der Waals surface area contributed by atoms with Crippen LogP contribution >= 0.6 is 0 Å². The van der Waals surface area contributed by atoms with Gasteiger partial charge in [-0.05, 0) is 74.3 Å². The van der Waals surface area contributed by atoms with E-state index in [1.807, 2.05) is 61.5 Å². The number of nitrogens with zero attached hydrogens (tertiary/aromatic N) is 1. The highest BCUT2D eigenvalue weighted by molar-refractivity contribution is 7.89. The molecule has 0 unspecified atom stereocenters. The van der Waals surface area contributed by atoms with Crippen molar-refractivity contribution in [3.63, 3.8) is 0 Å². The standard InChI is InChI=1S/C30H35FN2O3S/c1-22-8-11-24(12-9-22)19-32-30(34)27-15-13-26(14-16-27)21-33(20-25-6-4-3-5-7-25)37(35,36)28-17-10-23(2)29(31)18-28/h3-12,17-18,26-27H,13-16,19-21H2,1-2H3,(H,32,34). The first-order valence-corrected chi connectivity index (χ1v) is 14.3. The molecule has 4 rings (SSSR count). The topological polar surface area (TPSA) is 66.5 Å². The number of halogens is 1. The molecule has 3 aromatic carbocycles. The summed E-state index contributed by atoms with van der Waals surface area (Å²) in [4.78, 5) is 12.7. The van der Waals surface area contributed by atoms with Gasteiger partial charge in [-0.1, -0.05) is 66.2 Å². The molecule has 37 heavy (non-hydrogen) atoms. The molecule has 196 valence electrons. The maximum atomic E-state index is 14.2. The first kappa shape index (κ1) is 27.0. The number of sulfonamides is 1. The van der Waals surface area contributed by atoms with Crippen molar-refractivity contribution in [2.75, 3.05) is 6.54 Å². The maximum absolute atomic E-state index is 14.2. The number of amides is 1. The third-order valence-corrected chi connectivity index (χ3v) is 9.06. The van der Waals surface area contributed by atoms with Crippen molar-refractivity contribution in [3.8, 4) is 0 Å². The van der Waals surface area contributed by atoms with Crippen LogP contribution in [0.25, 0.3) is 0 Å². The van der Waals surface area contributed by atoms with Gasteiger partial charge in [0.1, 0.15) is 5.82 Å². The fourth-order valence-corrected chi connectivity index (χ4v) is 6.37. The molecule has 1 aliphatic rings. The first-order valence-electron chi connectivity index (χ1n) is 12.9. The van der Waals surface area contributed by atoms with E-state index in [1.54, 1.807) is 6.92 Å². The molecular weight excluding hydrogens is 487 g/mol. The van der Waals surface area contributed by atoms with E-state index in [4.69, 9.17) is 0 Å². The molecule has 3 aromatic rings. The molecule has 1 N–H and O–H groups in total. The first-order chi connectivity index (χ1) is 17.7. The Morgan fingerprint density at radius 1 is 0.919 bits per heavy atom. The maximum Gasteiger partial charge on any atom is 0.243 e. The summed E-state index contributed by atoms with van der Waals surface area (Å²) in [5, 5.41) is 3.05. The quantitative estimate of drug-likeness (QED) is 0.389. The van der Waals surface area contributed by atoms with E-state index in [0.29, 0.717) is 18.7 Å². The van der Waals surface area contributed by atoms with Crippen LogP contribution in [0.5, 0.6) is 0 Å². The van der Waals surface area contributed by atoms with Crippen molar-refractivity contribution < 1.29 is 17.6 Å². The zero-order chi connectivity index (χ0) is 26.4. The number of aryl methyl sites for hydroxylation is 2. The summed E-state index contributed by atoms with van der Waals surface area (Å²) in [6.45, 7) is 4.71. The summed E-state index contributed by atoms with van der Waals surface area (Å²) in [7, 11) is -3.90. The molecule has 0 atom stereocenters. The van der Waals surface area contributed by atoms with E-state index in [-0.39, 0.29) is 29.2 Å². The van der Waals surface area contributed by atoms with Gasteiger partial charge in [0.05, 0.1) is 4.90 Å². The van der Waals surface area contributed by atoms with Crippen LogP contribution in [0, 0.1) is 31.5 Å². The van der Waals surface area contributed by atoms with Gasteiger partial charge < -0.3 is 5.32 Å². The number of carbonyl (C=O) groups is 1. The number of hydrogen-bond donors (Lipinski definition) is 1. The smallest absolute Gasteiger partial charge is 0.243 e. The van der Waals surface area contributed by atoms with Crippen LogP contribution in [0.4, 0.5) is 4.39 Å². The lowest BCUT2D eigenvalue weighted by Gasteiger charge is -2.32. The summed E-state index contributed by atoms with van der Waals surface area (Å²) >= 11 is 0. The van der Waals surface area contributed by atoms with E-state index in [0.717, 1.165) is 42.9 Å². The molecule has 0 saturated heterocycles. The zero-order valence-electron chi connectivity index (χ0n) is 21.5. The van der Waals surface area contributed by atoms with Gasteiger partial charge in [-0.2, -0.15) is 4.31 Å². The lowest BCUT2D eigenvalue weighted by molar-refractivity contribution is -0.126. The number of carbonyl (C=O) groups excluding carboxylic acids is 1. The third kappa shape index (κ3) is 7.05.